The largest absolute Gasteiger partial charge is 0.480 e. The van der Waals surface area contributed by atoms with Crippen LogP contribution in [0.3, 0.4) is 0 Å². The van der Waals surface area contributed by atoms with Gasteiger partial charge in [-0.25, -0.2) is 4.98 Å². The molecule has 0 atom stereocenters. The Balaban J connectivity index is 1.85. The lowest BCUT2D eigenvalue weighted by molar-refractivity contribution is -0.137. The van der Waals surface area contributed by atoms with E-state index < -0.39 is 17.3 Å². The van der Waals surface area contributed by atoms with Crippen LogP contribution in [0, 0.1) is 6.92 Å². The molecule has 35 heavy (non-hydrogen) atoms. The molecule has 0 radical (unpaired) electrons. The van der Waals surface area contributed by atoms with E-state index in [0.29, 0.717) is 23.6 Å². The van der Waals surface area contributed by atoms with E-state index in [1.54, 1.807) is 19.9 Å². The fourth-order valence-electron chi connectivity index (χ4n) is 3.67. The van der Waals surface area contributed by atoms with Gasteiger partial charge in [0.15, 0.2) is 11.9 Å². The predicted molar refractivity (Wildman–Crippen MR) is 133 cm³/mol. The second-order valence-corrected chi connectivity index (χ2v) is 9.15. The minimum Gasteiger partial charge on any atom is -0.480 e. The highest BCUT2D eigenvalue weighted by atomic mass is 19.4. The summed E-state index contributed by atoms with van der Waals surface area (Å²) in [4.78, 5) is 18.1. The third kappa shape index (κ3) is 7.07. The first-order chi connectivity index (χ1) is 16.5. The van der Waals surface area contributed by atoms with Gasteiger partial charge in [-0.2, -0.15) is 13.2 Å². The molecule has 0 N–H and O–H groups in total. The molecule has 0 saturated carbocycles. The Hall–Kier alpha value is -3.35. The van der Waals surface area contributed by atoms with Crippen molar-refractivity contribution in [1.82, 2.24) is 4.98 Å². The first-order valence-electron chi connectivity index (χ1n) is 11.7. The summed E-state index contributed by atoms with van der Waals surface area (Å²) >= 11 is 0. The van der Waals surface area contributed by atoms with Crippen molar-refractivity contribution < 1.29 is 22.7 Å². The lowest BCUT2D eigenvalue weighted by Crippen LogP contribution is -2.30. The maximum atomic E-state index is 12.9. The van der Waals surface area contributed by atoms with Crippen molar-refractivity contribution in [3.63, 3.8) is 0 Å². The minimum absolute atomic E-state index is 0.613. The summed E-state index contributed by atoms with van der Waals surface area (Å²) in [6.07, 6.45) is -1.60. The van der Waals surface area contributed by atoms with Crippen molar-refractivity contribution in [1.29, 1.82) is 0 Å². The van der Waals surface area contributed by atoms with Crippen molar-refractivity contribution in [2.45, 2.75) is 58.9 Å². The predicted octanol–water partition coefficient (Wildman–Crippen LogP) is 7.24. The summed E-state index contributed by atoms with van der Waals surface area (Å²) in [6, 6.07) is 16.5. The van der Waals surface area contributed by atoms with E-state index in [2.05, 4.69) is 11.8 Å². The number of unbranched alkanes of at least 4 members (excludes halogenated alkanes) is 1. The smallest absolute Gasteiger partial charge is 0.416 e. The average molecular weight is 485 g/mol. The van der Waals surface area contributed by atoms with Crippen LogP contribution in [0.2, 0.25) is 0 Å². The fraction of sp³-hybridized carbons (Fsp3) is 0.357. The van der Waals surface area contributed by atoms with Gasteiger partial charge in [0, 0.05) is 18.7 Å². The Morgan fingerprint density at radius 2 is 1.74 bits per heavy atom. The van der Waals surface area contributed by atoms with Gasteiger partial charge < -0.3 is 9.64 Å². The molecule has 0 aliphatic carbocycles. The quantitative estimate of drug-likeness (QED) is 0.285. The number of aryl methyl sites for hydroxylation is 1. The van der Waals surface area contributed by atoms with E-state index in [0.717, 1.165) is 54.8 Å². The lowest BCUT2D eigenvalue weighted by atomic mass is 10.1. The maximum Gasteiger partial charge on any atom is 0.416 e. The Bertz CT molecular complexity index is 1140. The van der Waals surface area contributed by atoms with E-state index in [4.69, 9.17) is 9.72 Å². The molecule has 0 saturated heterocycles. The topological polar surface area (TPSA) is 42.4 Å². The van der Waals surface area contributed by atoms with Gasteiger partial charge >= 0.3 is 6.18 Å². The molecule has 4 nitrogen and oxygen atoms in total. The molecule has 0 amide bonds. The number of anilines is 1. The first-order valence-corrected chi connectivity index (χ1v) is 11.7. The summed E-state index contributed by atoms with van der Waals surface area (Å²) < 4.78 is 44.6. The Kier molecular flexibility index (Phi) is 8.20. The van der Waals surface area contributed by atoms with Crippen LogP contribution in [0.4, 0.5) is 19.0 Å². The van der Waals surface area contributed by atoms with Crippen LogP contribution >= 0.6 is 0 Å². The SMILES string of the molecule is CCCCN(Cc1ccc(OC(C)(C)C=O)c(C)c1)c1cccc(-c2ccc(C(F)(F)F)cc2)n1. The molecule has 0 unspecified atom stereocenters. The fourth-order valence-corrected chi connectivity index (χ4v) is 3.67. The van der Waals surface area contributed by atoms with Crippen molar-refractivity contribution in [2.75, 3.05) is 11.4 Å². The number of pyridine rings is 1. The molecule has 1 aromatic heterocycles. The van der Waals surface area contributed by atoms with E-state index in [1.807, 2.05) is 37.3 Å². The zero-order valence-electron chi connectivity index (χ0n) is 20.5. The molecule has 7 heteroatoms. The summed E-state index contributed by atoms with van der Waals surface area (Å²) in [5, 5.41) is 0. The normalized spacial score (nSPS) is 11.9. The number of aromatic nitrogens is 1. The Morgan fingerprint density at radius 1 is 1.03 bits per heavy atom. The van der Waals surface area contributed by atoms with Gasteiger partial charge in [0.25, 0.3) is 0 Å². The molecule has 3 aromatic rings. The number of halogens is 3. The van der Waals surface area contributed by atoms with Crippen LogP contribution in [0.5, 0.6) is 5.75 Å². The number of ether oxygens (including phenoxy) is 1. The molecule has 0 bridgehead atoms. The Morgan fingerprint density at radius 3 is 2.34 bits per heavy atom. The first kappa shape index (κ1) is 26.3. The van der Waals surface area contributed by atoms with Gasteiger partial charge in [-0.15, -0.1) is 0 Å². The van der Waals surface area contributed by atoms with Gasteiger partial charge in [-0.1, -0.05) is 43.7 Å². The monoisotopic (exact) mass is 484 g/mol. The van der Waals surface area contributed by atoms with Crippen LogP contribution in [0.15, 0.2) is 60.7 Å². The van der Waals surface area contributed by atoms with Gasteiger partial charge in [-0.3, -0.25) is 4.79 Å². The zero-order valence-corrected chi connectivity index (χ0v) is 20.5. The summed E-state index contributed by atoms with van der Waals surface area (Å²) in [7, 11) is 0. The van der Waals surface area contributed by atoms with E-state index in [1.165, 1.54) is 12.1 Å². The molecule has 186 valence electrons. The zero-order chi connectivity index (χ0) is 25.6. The van der Waals surface area contributed by atoms with Crippen LogP contribution in [0.25, 0.3) is 11.3 Å². The number of alkyl halides is 3. The molecule has 0 spiro atoms. The number of hydrogen-bond donors (Lipinski definition) is 0. The van der Waals surface area contributed by atoms with Crippen molar-refractivity contribution >= 4 is 12.1 Å². The molecule has 2 aromatic carbocycles. The van der Waals surface area contributed by atoms with Crippen LogP contribution in [-0.2, 0) is 17.5 Å². The highest BCUT2D eigenvalue weighted by Gasteiger charge is 2.30. The summed E-state index contributed by atoms with van der Waals surface area (Å²) in [5.74, 6) is 1.42. The van der Waals surface area contributed by atoms with Crippen LogP contribution < -0.4 is 9.64 Å². The highest BCUT2D eigenvalue weighted by Crippen LogP contribution is 2.31. The second kappa shape index (κ2) is 10.9. The van der Waals surface area contributed by atoms with Crippen molar-refractivity contribution in [3.8, 4) is 17.0 Å². The third-order valence-corrected chi connectivity index (χ3v) is 5.62. The number of nitrogens with zero attached hydrogens (tertiary/aromatic N) is 2. The minimum atomic E-state index is -4.37. The van der Waals surface area contributed by atoms with Gasteiger partial charge in [0.1, 0.15) is 11.6 Å². The molecular formula is C28H31F3N2O2. The maximum absolute atomic E-state index is 12.9. The number of rotatable bonds is 10. The summed E-state index contributed by atoms with van der Waals surface area (Å²) in [6.45, 7) is 8.90. The Labute approximate surface area is 204 Å². The number of carbonyl (C=O) groups is 1. The second-order valence-electron chi connectivity index (χ2n) is 9.15. The summed E-state index contributed by atoms with van der Waals surface area (Å²) in [5.41, 5.74) is 1.67. The third-order valence-electron chi connectivity index (χ3n) is 5.62. The van der Waals surface area contributed by atoms with Crippen LogP contribution in [0.1, 0.15) is 50.3 Å². The van der Waals surface area contributed by atoms with Crippen molar-refractivity contribution in [2.24, 2.45) is 0 Å². The molecular weight excluding hydrogens is 453 g/mol. The van der Waals surface area contributed by atoms with Crippen LogP contribution in [-0.4, -0.2) is 23.4 Å². The number of aldehydes is 1. The molecule has 0 aliphatic heterocycles. The van der Waals surface area contributed by atoms with Gasteiger partial charge in [-0.05, 0) is 68.7 Å². The molecule has 1 heterocycles. The lowest BCUT2D eigenvalue weighted by Gasteiger charge is -2.25. The van der Waals surface area contributed by atoms with Gasteiger partial charge in [0.05, 0.1) is 11.3 Å². The number of carbonyl (C=O) groups excluding carboxylic acids is 1. The van der Waals surface area contributed by atoms with E-state index >= 15 is 0 Å². The molecule has 0 aliphatic rings. The van der Waals surface area contributed by atoms with Gasteiger partial charge in [0.2, 0.25) is 0 Å². The van der Waals surface area contributed by atoms with E-state index in [9.17, 15) is 18.0 Å². The number of benzene rings is 2. The van der Waals surface area contributed by atoms with E-state index in [-0.39, 0.29) is 0 Å². The van der Waals surface area contributed by atoms with Crippen molar-refractivity contribution in [3.05, 3.63) is 77.4 Å². The molecule has 3 rings (SSSR count). The average Bonchev–Trinajstić information content (AvgIpc) is 2.83. The number of hydrogen-bond acceptors (Lipinski definition) is 4. The standard InChI is InChI=1S/C28H31F3N2O2/c1-5-6-16-33(18-21-10-15-25(20(2)17-21)35-27(3,4)19-34)26-9-7-8-24(32-26)22-11-13-23(14-12-22)28(29,30)31/h7-15,17,19H,5-6,16,18H2,1-4H3. The molecule has 0 fully saturated rings. The highest BCUT2D eigenvalue weighted by molar-refractivity contribution is 5.63.